The third-order valence-electron chi connectivity index (χ3n) is 6.68. The minimum atomic E-state index is 0.00197. The van der Waals surface area contributed by atoms with E-state index in [2.05, 4.69) is 25.2 Å². The number of allylic oxidation sites excluding steroid dienone is 3. The number of rotatable bonds is 8. The van der Waals surface area contributed by atoms with Crippen molar-refractivity contribution in [2.45, 2.75) is 77.2 Å². The number of amides is 1. The van der Waals surface area contributed by atoms with Gasteiger partial charge in [0.25, 0.3) is 0 Å². The van der Waals surface area contributed by atoms with Gasteiger partial charge in [-0.3, -0.25) is 4.79 Å². The molecule has 1 N–H and O–H groups in total. The minimum absolute atomic E-state index is 0.00197. The van der Waals surface area contributed by atoms with Gasteiger partial charge in [-0.25, -0.2) is 0 Å². The van der Waals surface area contributed by atoms with Crippen LogP contribution in [-0.2, 0) is 14.3 Å². The fraction of sp³-hybridized carbons (Fsp3) is 0.783. The molecule has 0 saturated carbocycles. The van der Waals surface area contributed by atoms with E-state index >= 15 is 0 Å². The highest BCUT2D eigenvalue weighted by atomic mass is 16.5. The second-order valence-electron chi connectivity index (χ2n) is 8.40. The van der Waals surface area contributed by atoms with E-state index in [1.807, 2.05) is 4.90 Å². The van der Waals surface area contributed by atoms with Crippen LogP contribution >= 0.6 is 0 Å². The Hall–Kier alpha value is -1.49. The van der Waals surface area contributed by atoms with Crippen molar-refractivity contribution in [2.24, 2.45) is 5.92 Å². The molecular formula is C23H38N2O3. The summed E-state index contributed by atoms with van der Waals surface area (Å²) in [5.74, 6) is 2.98. The van der Waals surface area contributed by atoms with Gasteiger partial charge in [0.2, 0.25) is 5.91 Å². The van der Waals surface area contributed by atoms with Gasteiger partial charge in [-0.15, -0.1) is 0 Å². The smallest absolute Gasteiger partial charge is 0.222 e. The number of piperidine rings is 1. The number of nitrogens with one attached hydrogen (secondary N) is 1. The molecule has 5 nitrogen and oxygen atoms in total. The van der Waals surface area contributed by atoms with Gasteiger partial charge in [-0.1, -0.05) is 6.42 Å². The lowest BCUT2D eigenvalue weighted by Crippen LogP contribution is -2.48. The summed E-state index contributed by atoms with van der Waals surface area (Å²) in [6.45, 7) is 7.81. The molecule has 0 aromatic carbocycles. The van der Waals surface area contributed by atoms with Crippen LogP contribution < -0.4 is 5.32 Å². The predicted molar refractivity (Wildman–Crippen MR) is 112 cm³/mol. The fourth-order valence-corrected chi connectivity index (χ4v) is 5.14. The van der Waals surface area contributed by atoms with Gasteiger partial charge in [0.05, 0.1) is 7.11 Å². The number of nitrogens with zero attached hydrogens (tertiary/aromatic N) is 1. The quantitative estimate of drug-likeness (QED) is 0.633. The van der Waals surface area contributed by atoms with Crippen molar-refractivity contribution in [1.82, 2.24) is 10.2 Å². The Morgan fingerprint density at radius 1 is 1.29 bits per heavy atom. The van der Waals surface area contributed by atoms with E-state index in [0.29, 0.717) is 18.2 Å². The molecule has 1 unspecified atom stereocenters. The van der Waals surface area contributed by atoms with Gasteiger partial charge in [-0.2, -0.15) is 0 Å². The molecule has 1 saturated heterocycles. The van der Waals surface area contributed by atoms with Crippen LogP contribution in [0.15, 0.2) is 23.2 Å². The highest BCUT2D eigenvalue weighted by molar-refractivity contribution is 5.76. The maximum absolute atomic E-state index is 12.3. The highest BCUT2D eigenvalue weighted by Gasteiger charge is 2.44. The van der Waals surface area contributed by atoms with E-state index in [4.69, 9.17) is 9.47 Å². The third-order valence-corrected chi connectivity index (χ3v) is 6.68. The van der Waals surface area contributed by atoms with Gasteiger partial charge in [0, 0.05) is 31.5 Å². The molecule has 1 fully saturated rings. The number of hydrogen-bond donors (Lipinski definition) is 1. The van der Waals surface area contributed by atoms with Crippen LogP contribution in [0.3, 0.4) is 0 Å². The molecule has 1 aliphatic carbocycles. The maximum atomic E-state index is 12.3. The van der Waals surface area contributed by atoms with Crippen molar-refractivity contribution in [3.63, 3.8) is 0 Å². The Morgan fingerprint density at radius 3 is 2.71 bits per heavy atom. The van der Waals surface area contributed by atoms with Crippen LogP contribution in [0, 0.1) is 5.92 Å². The Kier molecular flexibility index (Phi) is 7.44. The normalized spacial score (nSPS) is 23.7. The third kappa shape index (κ3) is 4.73. The Balaban J connectivity index is 1.65. The SMILES string of the molecule is CCN(CC)C(=O)CCCCC1CC2(CCNCC2)OC2=C1C(OC)=CCC2. The van der Waals surface area contributed by atoms with Gasteiger partial charge < -0.3 is 19.7 Å². The van der Waals surface area contributed by atoms with Crippen molar-refractivity contribution >= 4 is 5.91 Å². The average molecular weight is 391 g/mol. The molecule has 3 aliphatic rings. The molecule has 28 heavy (non-hydrogen) atoms. The minimum Gasteiger partial charge on any atom is -0.497 e. The van der Waals surface area contributed by atoms with Crippen LogP contribution in [0.25, 0.3) is 0 Å². The van der Waals surface area contributed by atoms with Gasteiger partial charge in [0.15, 0.2) is 0 Å². The molecule has 5 heteroatoms. The lowest BCUT2D eigenvalue weighted by atomic mass is 9.74. The molecule has 0 radical (unpaired) electrons. The van der Waals surface area contributed by atoms with Gasteiger partial charge >= 0.3 is 0 Å². The van der Waals surface area contributed by atoms with Crippen molar-refractivity contribution in [2.75, 3.05) is 33.3 Å². The lowest BCUT2D eigenvalue weighted by Gasteiger charge is -2.46. The van der Waals surface area contributed by atoms with Crippen molar-refractivity contribution in [1.29, 1.82) is 0 Å². The first-order chi connectivity index (χ1) is 13.6. The zero-order chi connectivity index (χ0) is 20.0. The molecule has 0 aromatic heterocycles. The van der Waals surface area contributed by atoms with Gasteiger partial charge in [-0.05, 0) is 77.5 Å². The number of carbonyl (C=O) groups excluding carboxylic acids is 1. The van der Waals surface area contributed by atoms with E-state index < -0.39 is 0 Å². The second-order valence-corrected chi connectivity index (χ2v) is 8.40. The summed E-state index contributed by atoms with van der Waals surface area (Å²) in [6.07, 6.45) is 11.3. The predicted octanol–water partition coefficient (Wildman–Crippen LogP) is 4.15. The lowest BCUT2D eigenvalue weighted by molar-refractivity contribution is -0.130. The van der Waals surface area contributed by atoms with E-state index in [-0.39, 0.29) is 5.60 Å². The topological polar surface area (TPSA) is 50.8 Å². The van der Waals surface area contributed by atoms with E-state index in [0.717, 1.165) is 83.3 Å². The number of methoxy groups -OCH3 is 1. The average Bonchev–Trinajstić information content (AvgIpc) is 2.72. The van der Waals surface area contributed by atoms with Crippen LogP contribution in [0.4, 0.5) is 0 Å². The van der Waals surface area contributed by atoms with Crippen molar-refractivity contribution in [3.8, 4) is 0 Å². The summed E-state index contributed by atoms with van der Waals surface area (Å²) < 4.78 is 12.4. The van der Waals surface area contributed by atoms with Crippen LogP contribution in [0.5, 0.6) is 0 Å². The Morgan fingerprint density at radius 2 is 2.04 bits per heavy atom. The van der Waals surface area contributed by atoms with Crippen LogP contribution in [-0.4, -0.2) is 49.7 Å². The first-order valence-corrected chi connectivity index (χ1v) is 11.3. The molecule has 0 bridgehead atoms. The zero-order valence-corrected chi connectivity index (χ0v) is 18.0. The monoisotopic (exact) mass is 390 g/mol. The number of carbonyl (C=O) groups is 1. The van der Waals surface area contributed by atoms with Crippen molar-refractivity contribution in [3.05, 3.63) is 23.2 Å². The molecule has 3 rings (SSSR count). The van der Waals surface area contributed by atoms with E-state index in [9.17, 15) is 4.79 Å². The molecule has 158 valence electrons. The second kappa shape index (κ2) is 9.82. The first-order valence-electron chi connectivity index (χ1n) is 11.3. The highest BCUT2D eigenvalue weighted by Crippen LogP contribution is 2.47. The summed E-state index contributed by atoms with van der Waals surface area (Å²) in [5.41, 5.74) is 1.31. The molecule has 2 heterocycles. The summed E-state index contributed by atoms with van der Waals surface area (Å²) in [6, 6.07) is 0. The zero-order valence-electron chi connectivity index (χ0n) is 18.0. The molecule has 0 aromatic rings. The Labute approximate surface area is 170 Å². The standard InChI is InChI=1S/C23H38N2O3/c1-4-25(5-2)21(26)12-7-6-9-18-17-23(13-15-24-16-14-23)28-20-11-8-10-19(27-3)22(18)20/h10,18,24H,4-9,11-17H2,1-3H3. The van der Waals surface area contributed by atoms with Crippen LogP contribution in [0.2, 0.25) is 0 Å². The first kappa shape index (κ1) is 21.2. The van der Waals surface area contributed by atoms with Crippen LogP contribution in [0.1, 0.15) is 71.6 Å². The largest absolute Gasteiger partial charge is 0.497 e. The molecule has 1 spiro atoms. The summed E-state index contributed by atoms with van der Waals surface area (Å²) in [7, 11) is 1.77. The summed E-state index contributed by atoms with van der Waals surface area (Å²) in [4.78, 5) is 14.2. The summed E-state index contributed by atoms with van der Waals surface area (Å²) >= 11 is 0. The number of unbranched alkanes of at least 4 members (excludes halogenated alkanes) is 1. The molecule has 2 aliphatic heterocycles. The molecular weight excluding hydrogens is 352 g/mol. The maximum Gasteiger partial charge on any atom is 0.222 e. The molecule has 1 amide bonds. The Bertz CT molecular complexity index is 601. The van der Waals surface area contributed by atoms with E-state index in [1.165, 1.54) is 11.3 Å². The van der Waals surface area contributed by atoms with E-state index in [1.54, 1.807) is 7.11 Å². The fourth-order valence-electron chi connectivity index (χ4n) is 5.14. The van der Waals surface area contributed by atoms with Crippen molar-refractivity contribution < 1.29 is 14.3 Å². The van der Waals surface area contributed by atoms with Gasteiger partial charge in [0.1, 0.15) is 17.1 Å². The molecule has 1 atom stereocenters. The number of hydrogen-bond acceptors (Lipinski definition) is 4. The number of ether oxygens (including phenoxy) is 2. The summed E-state index contributed by atoms with van der Waals surface area (Å²) in [5, 5.41) is 3.48.